The van der Waals surface area contributed by atoms with Crippen molar-refractivity contribution in [1.29, 1.82) is 0 Å². The number of alkyl halides is 2. The van der Waals surface area contributed by atoms with E-state index >= 15 is 0 Å². The van der Waals surface area contributed by atoms with E-state index in [0.717, 1.165) is 21.7 Å². The molecule has 0 aromatic carbocycles. The number of anilines is 1. The molecule has 0 saturated carbocycles. The topological polar surface area (TPSA) is 88.8 Å². The second-order valence-corrected chi connectivity index (χ2v) is 7.14. The largest absolute Gasteiger partial charge is 0.349 e. The molecule has 27 heavy (non-hydrogen) atoms. The molecule has 0 aliphatic carbocycles. The molecule has 0 spiro atoms. The van der Waals surface area contributed by atoms with Gasteiger partial charge in [-0.3, -0.25) is 9.78 Å². The summed E-state index contributed by atoms with van der Waals surface area (Å²) < 4.78 is 43.7. The fraction of sp³-hybridized carbons (Fsp3) is 0.375. The Kier molecular flexibility index (Phi) is 3.49. The molecule has 0 radical (unpaired) electrons. The Bertz CT molecular complexity index is 1150. The van der Waals surface area contributed by atoms with Gasteiger partial charge in [-0.1, -0.05) is 13.8 Å². The molecule has 8 nitrogen and oxygen atoms in total. The Morgan fingerprint density at radius 2 is 1.96 bits per heavy atom. The lowest BCUT2D eigenvalue weighted by Gasteiger charge is -2.23. The third kappa shape index (κ3) is 2.61. The van der Waals surface area contributed by atoms with Crippen molar-refractivity contribution in [1.82, 2.24) is 24.5 Å². The minimum absolute atomic E-state index is 0.0253. The fourth-order valence-electron chi connectivity index (χ4n) is 3.14. The molecule has 0 unspecified atom stereocenters. The molecule has 142 valence electrons. The van der Waals surface area contributed by atoms with Crippen LogP contribution in [0.4, 0.5) is 19.0 Å². The zero-order chi connectivity index (χ0) is 19.6. The number of nitrogens with zero attached hydrogens (tertiary/aromatic N) is 5. The molecule has 1 aliphatic rings. The van der Waals surface area contributed by atoms with Crippen LogP contribution in [0.2, 0.25) is 0 Å². The first kappa shape index (κ1) is 17.3. The Morgan fingerprint density at radius 1 is 1.22 bits per heavy atom. The van der Waals surface area contributed by atoms with Gasteiger partial charge in [0, 0.05) is 24.2 Å². The van der Waals surface area contributed by atoms with Gasteiger partial charge in [0.1, 0.15) is 11.3 Å². The van der Waals surface area contributed by atoms with Crippen molar-refractivity contribution in [3.63, 3.8) is 0 Å². The highest BCUT2D eigenvalue weighted by Crippen LogP contribution is 2.45. The van der Waals surface area contributed by atoms with Crippen LogP contribution in [0.3, 0.4) is 0 Å². The van der Waals surface area contributed by atoms with Gasteiger partial charge in [-0.05, 0) is 0 Å². The van der Waals surface area contributed by atoms with E-state index < -0.39 is 34.9 Å². The molecule has 0 atom stereocenters. The average molecular weight is 380 g/mol. The van der Waals surface area contributed by atoms with E-state index in [1.54, 1.807) is 0 Å². The normalized spacial score (nSPS) is 18.3. The monoisotopic (exact) mass is 380 g/mol. The summed E-state index contributed by atoms with van der Waals surface area (Å²) in [5.74, 6) is -3.54. The maximum absolute atomic E-state index is 14.3. The standard InChI is InChI=1S/C16H15F3N6O2/c1-15(2)7-23(8-16(15,18)19)13-9-6-25(22-12(9)10(17)5-20-13)24-4-3-11(26)21-14(24)27/h3-6H,7-8H2,1-2H3,(H,21,26,27). The van der Waals surface area contributed by atoms with Gasteiger partial charge in [0.15, 0.2) is 5.82 Å². The van der Waals surface area contributed by atoms with Crippen LogP contribution >= 0.6 is 0 Å². The lowest BCUT2D eigenvalue weighted by molar-refractivity contribution is -0.0642. The number of rotatable bonds is 2. The van der Waals surface area contributed by atoms with Gasteiger partial charge in [0.05, 0.1) is 24.3 Å². The number of hydrogen-bond donors (Lipinski definition) is 1. The van der Waals surface area contributed by atoms with Crippen molar-refractivity contribution >= 4 is 16.7 Å². The Balaban J connectivity index is 1.87. The number of halogens is 3. The minimum Gasteiger partial charge on any atom is -0.349 e. The van der Waals surface area contributed by atoms with E-state index in [2.05, 4.69) is 15.1 Å². The lowest BCUT2D eigenvalue weighted by atomic mass is 9.89. The number of H-pyrrole nitrogens is 1. The molecule has 11 heteroatoms. The maximum Gasteiger partial charge on any atom is 0.348 e. The second-order valence-electron chi connectivity index (χ2n) is 7.14. The molecule has 1 aliphatic heterocycles. The van der Waals surface area contributed by atoms with E-state index in [9.17, 15) is 22.8 Å². The summed E-state index contributed by atoms with van der Waals surface area (Å²) in [4.78, 5) is 31.6. The molecule has 0 bridgehead atoms. The van der Waals surface area contributed by atoms with Crippen LogP contribution in [0.5, 0.6) is 0 Å². The first-order chi connectivity index (χ1) is 12.6. The van der Waals surface area contributed by atoms with Crippen LogP contribution < -0.4 is 16.1 Å². The molecule has 4 rings (SSSR count). The molecular weight excluding hydrogens is 365 g/mol. The number of nitrogens with one attached hydrogen (secondary N) is 1. The highest BCUT2D eigenvalue weighted by molar-refractivity contribution is 5.89. The average Bonchev–Trinajstić information content (AvgIpc) is 3.07. The van der Waals surface area contributed by atoms with Gasteiger partial charge in [0.2, 0.25) is 0 Å². The molecular formula is C16H15F3N6O2. The van der Waals surface area contributed by atoms with Crippen LogP contribution in [0.25, 0.3) is 10.9 Å². The van der Waals surface area contributed by atoms with Crippen LogP contribution in [0, 0.1) is 11.2 Å². The van der Waals surface area contributed by atoms with Crippen molar-refractivity contribution in [2.45, 2.75) is 19.8 Å². The van der Waals surface area contributed by atoms with Crippen LogP contribution in [0.15, 0.2) is 34.2 Å². The predicted octanol–water partition coefficient (Wildman–Crippen LogP) is 1.21. The van der Waals surface area contributed by atoms with Crippen LogP contribution in [0.1, 0.15) is 13.8 Å². The number of aromatic amines is 1. The van der Waals surface area contributed by atoms with Crippen molar-refractivity contribution in [2.75, 3.05) is 18.0 Å². The van der Waals surface area contributed by atoms with Gasteiger partial charge in [-0.25, -0.2) is 22.9 Å². The van der Waals surface area contributed by atoms with Gasteiger partial charge in [0.25, 0.3) is 11.5 Å². The first-order valence-corrected chi connectivity index (χ1v) is 8.08. The summed E-state index contributed by atoms with van der Waals surface area (Å²) in [5, 5.41) is 4.19. The summed E-state index contributed by atoms with van der Waals surface area (Å²) in [7, 11) is 0. The highest BCUT2D eigenvalue weighted by Gasteiger charge is 2.54. The summed E-state index contributed by atoms with van der Waals surface area (Å²) in [6.45, 7) is 2.38. The zero-order valence-electron chi connectivity index (χ0n) is 14.4. The fourth-order valence-corrected chi connectivity index (χ4v) is 3.14. The van der Waals surface area contributed by atoms with Gasteiger partial charge in [-0.2, -0.15) is 9.47 Å². The zero-order valence-corrected chi connectivity index (χ0v) is 14.4. The Morgan fingerprint density at radius 3 is 2.59 bits per heavy atom. The smallest absolute Gasteiger partial charge is 0.348 e. The number of fused-ring (bicyclic) bond motifs is 1. The summed E-state index contributed by atoms with van der Waals surface area (Å²) >= 11 is 0. The highest BCUT2D eigenvalue weighted by atomic mass is 19.3. The number of aromatic nitrogens is 5. The predicted molar refractivity (Wildman–Crippen MR) is 90.5 cm³/mol. The van der Waals surface area contributed by atoms with E-state index in [1.165, 1.54) is 31.1 Å². The van der Waals surface area contributed by atoms with Crippen molar-refractivity contribution < 1.29 is 13.2 Å². The minimum atomic E-state index is -2.94. The molecule has 1 N–H and O–H groups in total. The van der Waals surface area contributed by atoms with Gasteiger partial charge in [-0.15, -0.1) is 5.10 Å². The third-order valence-electron chi connectivity index (χ3n) is 4.76. The van der Waals surface area contributed by atoms with Crippen molar-refractivity contribution in [3.05, 3.63) is 51.3 Å². The van der Waals surface area contributed by atoms with Crippen LogP contribution in [-0.4, -0.2) is 43.5 Å². The number of pyridine rings is 1. The second kappa shape index (κ2) is 5.44. The summed E-state index contributed by atoms with van der Waals surface area (Å²) in [6.07, 6.45) is 3.39. The Labute approximate surface area is 149 Å². The third-order valence-corrected chi connectivity index (χ3v) is 4.76. The quantitative estimate of drug-likeness (QED) is 0.722. The van der Waals surface area contributed by atoms with Gasteiger partial charge < -0.3 is 4.90 Å². The molecule has 4 heterocycles. The lowest BCUT2D eigenvalue weighted by Crippen LogP contribution is -2.34. The van der Waals surface area contributed by atoms with E-state index in [0.29, 0.717) is 0 Å². The van der Waals surface area contributed by atoms with Crippen molar-refractivity contribution in [2.24, 2.45) is 5.41 Å². The summed E-state index contributed by atoms with van der Waals surface area (Å²) in [5.41, 5.74) is -2.77. The molecule has 0 amide bonds. The number of hydrogen-bond acceptors (Lipinski definition) is 5. The van der Waals surface area contributed by atoms with E-state index in [1.807, 2.05) is 0 Å². The van der Waals surface area contributed by atoms with Gasteiger partial charge >= 0.3 is 5.69 Å². The molecule has 1 fully saturated rings. The SMILES string of the molecule is CC1(C)CN(c2ncc(F)c3nn(-n4ccc(=O)[nH]c4=O)cc23)CC1(F)F. The molecule has 3 aromatic rings. The molecule has 1 saturated heterocycles. The Hall–Kier alpha value is -3.11. The van der Waals surface area contributed by atoms with E-state index in [4.69, 9.17) is 0 Å². The van der Waals surface area contributed by atoms with Crippen LogP contribution in [-0.2, 0) is 0 Å². The molecule has 3 aromatic heterocycles. The van der Waals surface area contributed by atoms with E-state index in [-0.39, 0.29) is 23.3 Å². The van der Waals surface area contributed by atoms with Crippen molar-refractivity contribution in [3.8, 4) is 0 Å². The maximum atomic E-state index is 14.3. The summed E-state index contributed by atoms with van der Waals surface area (Å²) in [6, 6.07) is 1.10. The first-order valence-electron chi connectivity index (χ1n) is 8.08.